The summed E-state index contributed by atoms with van der Waals surface area (Å²) in [6.07, 6.45) is 3.20. The van der Waals surface area contributed by atoms with E-state index in [0.717, 1.165) is 24.7 Å². The molecular weight excluding hydrogens is 244 g/mol. The first-order valence-corrected chi connectivity index (χ1v) is 7.71. The van der Waals surface area contributed by atoms with E-state index in [0.29, 0.717) is 6.04 Å². The predicted octanol–water partition coefficient (Wildman–Crippen LogP) is 1.84. The van der Waals surface area contributed by atoms with E-state index < -0.39 is 0 Å². The van der Waals surface area contributed by atoms with Crippen molar-refractivity contribution in [2.75, 3.05) is 30.0 Å². The van der Waals surface area contributed by atoms with Crippen LogP contribution in [-0.4, -0.2) is 41.1 Å². The number of hydrogen-bond donors (Lipinski definition) is 1. The van der Waals surface area contributed by atoms with Crippen molar-refractivity contribution in [1.82, 2.24) is 15.3 Å². The van der Waals surface area contributed by atoms with Gasteiger partial charge in [-0.2, -0.15) is 11.8 Å². The molecule has 2 heterocycles. The van der Waals surface area contributed by atoms with Gasteiger partial charge in [-0.25, -0.2) is 9.97 Å². The molecule has 0 radical (unpaired) electrons. The van der Waals surface area contributed by atoms with Crippen molar-refractivity contribution in [3.8, 4) is 0 Å². The number of nitrogens with zero attached hydrogens (tertiary/aromatic N) is 3. The summed E-state index contributed by atoms with van der Waals surface area (Å²) in [7, 11) is 2.11. The molecule has 0 aromatic carbocycles. The largest absolute Gasteiger partial charge is 0.340 e. The Morgan fingerprint density at radius 1 is 1.56 bits per heavy atom. The van der Waals surface area contributed by atoms with Gasteiger partial charge in [-0.05, 0) is 25.6 Å². The van der Waals surface area contributed by atoms with Gasteiger partial charge in [0.2, 0.25) is 5.95 Å². The van der Waals surface area contributed by atoms with Gasteiger partial charge in [-0.1, -0.05) is 6.92 Å². The molecular formula is C13H22N4S. The zero-order valence-corrected chi connectivity index (χ0v) is 12.3. The second-order valence-corrected chi connectivity index (χ2v) is 5.84. The Hall–Kier alpha value is -0.810. The molecule has 1 aromatic rings. The van der Waals surface area contributed by atoms with Gasteiger partial charge in [0.25, 0.3) is 0 Å². The van der Waals surface area contributed by atoms with Crippen molar-refractivity contribution in [3.05, 3.63) is 17.5 Å². The molecule has 1 aliphatic heterocycles. The van der Waals surface area contributed by atoms with E-state index in [1.54, 1.807) is 0 Å². The van der Waals surface area contributed by atoms with Crippen LogP contribution < -0.4 is 10.2 Å². The lowest BCUT2D eigenvalue weighted by molar-refractivity contribution is 0.673. The number of aromatic nitrogens is 2. The van der Waals surface area contributed by atoms with Gasteiger partial charge in [0.1, 0.15) is 0 Å². The van der Waals surface area contributed by atoms with Crippen LogP contribution in [0.25, 0.3) is 0 Å². The van der Waals surface area contributed by atoms with E-state index in [2.05, 4.69) is 41.1 Å². The predicted molar refractivity (Wildman–Crippen MR) is 78.3 cm³/mol. The highest BCUT2D eigenvalue weighted by atomic mass is 32.2. The van der Waals surface area contributed by atoms with Gasteiger partial charge in [0, 0.05) is 42.8 Å². The molecule has 1 atom stereocenters. The first kappa shape index (κ1) is 13.6. The van der Waals surface area contributed by atoms with Crippen LogP contribution in [0.4, 0.5) is 5.95 Å². The summed E-state index contributed by atoms with van der Waals surface area (Å²) < 4.78 is 0. The summed E-state index contributed by atoms with van der Waals surface area (Å²) in [5, 5.41) is 3.31. The molecule has 18 heavy (non-hydrogen) atoms. The lowest BCUT2D eigenvalue weighted by Gasteiger charge is -2.24. The highest BCUT2D eigenvalue weighted by Gasteiger charge is 2.22. The average Bonchev–Trinajstić information content (AvgIpc) is 2.90. The van der Waals surface area contributed by atoms with Crippen molar-refractivity contribution in [2.45, 2.75) is 32.9 Å². The fourth-order valence-electron chi connectivity index (χ4n) is 2.07. The van der Waals surface area contributed by atoms with E-state index in [-0.39, 0.29) is 0 Å². The van der Waals surface area contributed by atoms with E-state index in [4.69, 9.17) is 0 Å². The maximum atomic E-state index is 4.64. The maximum absolute atomic E-state index is 4.64. The quantitative estimate of drug-likeness (QED) is 0.880. The Balaban J connectivity index is 2.07. The summed E-state index contributed by atoms with van der Waals surface area (Å²) >= 11 is 2.02. The van der Waals surface area contributed by atoms with Crippen molar-refractivity contribution >= 4 is 17.7 Å². The molecule has 1 unspecified atom stereocenters. The highest BCUT2D eigenvalue weighted by Crippen LogP contribution is 2.24. The van der Waals surface area contributed by atoms with Crippen LogP contribution in [0, 0.1) is 6.92 Å². The van der Waals surface area contributed by atoms with Gasteiger partial charge < -0.3 is 10.2 Å². The Morgan fingerprint density at radius 3 is 3.00 bits per heavy atom. The second kappa shape index (κ2) is 6.38. The average molecular weight is 266 g/mol. The molecule has 2 rings (SSSR count). The highest BCUT2D eigenvalue weighted by molar-refractivity contribution is 7.99. The molecule has 1 aromatic heterocycles. The van der Waals surface area contributed by atoms with Crippen molar-refractivity contribution < 1.29 is 0 Å². The molecule has 1 N–H and O–H groups in total. The first-order chi connectivity index (χ1) is 8.72. The molecule has 100 valence electrons. The van der Waals surface area contributed by atoms with Gasteiger partial charge in [0.05, 0.1) is 0 Å². The van der Waals surface area contributed by atoms with Crippen LogP contribution in [0.3, 0.4) is 0 Å². The molecule has 0 bridgehead atoms. The standard InChI is InChI=1S/C13H22N4S/c1-4-14-7-11-8-15-13(16-10(11)2)17(3)12-5-6-18-9-12/h8,12,14H,4-7,9H2,1-3H3. The first-order valence-electron chi connectivity index (χ1n) is 6.56. The number of thioether (sulfide) groups is 1. The Bertz CT molecular complexity index is 391. The Morgan fingerprint density at radius 2 is 2.39 bits per heavy atom. The summed E-state index contributed by atoms with van der Waals surface area (Å²) in [6, 6.07) is 0.592. The SMILES string of the molecule is CCNCc1cnc(N(C)C2CCSC2)nc1C. The third kappa shape index (κ3) is 3.14. The van der Waals surface area contributed by atoms with E-state index >= 15 is 0 Å². The third-order valence-electron chi connectivity index (χ3n) is 3.40. The van der Waals surface area contributed by atoms with Crippen molar-refractivity contribution in [3.63, 3.8) is 0 Å². The summed E-state index contributed by atoms with van der Waals surface area (Å²) in [6.45, 7) is 6.00. The zero-order valence-electron chi connectivity index (χ0n) is 11.4. The van der Waals surface area contributed by atoms with Crippen LogP contribution in [0.2, 0.25) is 0 Å². The lowest BCUT2D eigenvalue weighted by Crippen LogP contribution is -2.33. The number of anilines is 1. The minimum atomic E-state index is 0.592. The molecule has 0 saturated carbocycles. The van der Waals surface area contributed by atoms with Crippen LogP contribution in [-0.2, 0) is 6.54 Å². The van der Waals surface area contributed by atoms with Crippen molar-refractivity contribution in [2.24, 2.45) is 0 Å². The van der Waals surface area contributed by atoms with Gasteiger partial charge in [-0.15, -0.1) is 0 Å². The zero-order chi connectivity index (χ0) is 13.0. The minimum absolute atomic E-state index is 0.592. The molecule has 4 nitrogen and oxygen atoms in total. The van der Waals surface area contributed by atoms with Crippen LogP contribution >= 0.6 is 11.8 Å². The van der Waals surface area contributed by atoms with E-state index in [1.807, 2.05) is 18.0 Å². The fourth-order valence-corrected chi connectivity index (χ4v) is 3.34. The molecule has 1 saturated heterocycles. The van der Waals surface area contributed by atoms with Gasteiger partial charge >= 0.3 is 0 Å². The van der Waals surface area contributed by atoms with E-state index in [9.17, 15) is 0 Å². The molecule has 0 aliphatic carbocycles. The number of rotatable bonds is 5. The minimum Gasteiger partial charge on any atom is -0.340 e. The lowest BCUT2D eigenvalue weighted by atomic mass is 10.2. The molecule has 1 aliphatic rings. The van der Waals surface area contributed by atoms with Crippen LogP contribution in [0.15, 0.2) is 6.20 Å². The molecule has 0 amide bonds. The molecule has 0 spiro atoms. The van der Waals surface area contributed by atoms with Crippen molar-refractivity contribution in [1.29, 1.82) is 0 Å². The monoisotopic (exact) mass is 266 g/mol. The maximum Gasteiger partial charge on any atom is 0.225 e. The van der Waals surface area contributed by atoms with Crippen LogP contribution in [0.5, 0.6) is 0 Å². The summed E-state index contributed by atoms with van der Waals surface area (Å²) in [5.41, 5.74) is 2.27. The molecule has 1 fully saturated rings. The summed E-state index contributed by atoms with van der Waals surface area (Å²) in [5.74, 6) is 3.31. The summed E-state index contributed by atoms with van der Waals surface area (Å²) in [4.78, 5) is 11.4. The fraction of sp³-hybridized carbons (Fsp3) is 0.692. The Kier molecular flexibility index (Phi) is 4.83. The number of aryl methyl sites for hydroxylation is 1. The van der Waals surface area contributed by atoms with Gasteiger partial charge in [-0.3, -0.25) is 0 Å². The molecule has 5 heteroatoms. The second-order valence-electron chi connectivity index (χ2n) is 4.69. The van der Waals surface area contributed by atoms with Gasteiger partial charge in [0.15, 0.2) is 0 Å². The smallest absolute Gasteiger partial charge is 0.225 e. The number of nitrogens with one attached hydrogen (secondary N) is 1. The topological polar surface area (TPSA) is 41.1 Å². The third-order valence-corrected chi connectivity index (χ3v) is 4.55. The van der Waals surface area contributed by atoms with E-state index in [1.165, 1.54) is 23.5 Å². The normalized spacial score (nSPS) is 19.2. The van der Waals surface area contributed by atoms with Crippen LogP contribution in [0.1, 0.15) is 24.6 Å². The Labute approximate surface area is 114 Å². The number of hydrogen-bond acceptors (Lipinski definition) is 5.